The van der Waals surface area contributed by atoms with E-state index in [9.17, 15) is 4.79 Å². The summed E-state index contributed by atoms with van der Waals surface area (Å²) in [5.74, 6) is 0.721. The zero-order chi connectivity index (χ0) is 8.34. The Morgan fingerprint density at radius 2 is 2.17 bits per heavy atom. The highest BCUT2D eigenvalue weighted by molar-refractivity contribution is 5.97. The average Bonchev–Trinajstić information content (AvgIpc) is 2.40. The maximum Gasteiger partial charge on any atom is 0.151 e. The van der Waals surface area contributed by atoms with Crippen molar-refractivity contribution in [2.24, 2.45) is 17.3 Å². The Bertz CT molecular complexity index is 307. The second kappa shape index (κ2) is 1.73. The number of hydrogen-bond acceptors (Lipinski definition) is 1. The molecule has 1 heteroatoms. The molecular weight excluding hydrogens is 148 g/mol. The van der Waals surface area contributed by atoms with Crippen LogP contribution in [0.25, 0.3) is 0 Å². The monoisotopic (exact) mass is 160 g/mol. The standard InChI is InChI=1S/C11H12O/c1-7-8-3-4-9(10(8)12)11(7)5-2-6-11/h3-4,8-9H,1-2,5-6H2/t8-,9-/m1/s1. The summed E-state index contributed by atoms with van der Waals surface area (Å²) in [7, 11) is 0. The van der Waals surface area contributed by atoms with Crippen molar-refractivity contribution in [2.75, 3.05) is 0 Å². The van der Waals surface area contributed by atoms with E-state index in [2.05, 4.69) is 12.7 Å². The number of Topliss-reactive ketones (excluding diaryl/α,β-unsaturated/α-hetero) is 1. The Labute approximate surface area is 72.2 Å². The summed E-state index contributed by atoms with van der Waals surface area (Å²) in [6, 6.07) is 0. The molecule has 0 unspecified atom stereocenters. The Morgan fingerprint density at radius 1 is 1.42 bits per heavy atom. The van der Waals surface area contributed by atoms with Crippen LogP contribution in [0.3, 0.4) is 0 Å². The number of hydrogen-bond donors (Lipinski definition) is 0. The van der Waals surface area contributed by atoms with Crippen molar-refractivity contribution in [1.82, 2.24) is 0 Å². The van der Waals surface area contributed by atoms with E-state index in [1.807, 2.05) is 6.08 Å². The first-order chi connectivity index (χ1) is 5.76. The third-order valence-electron chi connectivity index (χ3n) is 3.97. The van der Waals surface area contributed by atoms with E-state index in [0.717, 1.165) is 0 Å². The van der Waals surface area contributed by atoms with E-state index in [-0.39, 0.29) is 17.3 Å². The van der Waals surface area contributed by atoms with Crippen molar-refractivity contribution in [3.05, 3.63) is 24.3 Å². The number of fused-ring (bicyclic) bond motifs is 3. The van der Waals surface area contributed by atoms with Gasteiger partial charge in [0.15, 0.2) is 5.78 Å². The van der Waals surface area contributed by atoms with Crippen LogP contribution in [-0.4, -0.2) is 5.78 Å². The van der Waals surface area contributed by atoms with Crippen LogP contribution in [0.1, 0.15) is 19.3 Å². The zero-order valence-corrected chi connectivity index (χ0v) is 7.05. The summed E-state index contributed by atoms with van der Waals surface area (Å²) in [6.07, 6.45) is 7.83. The molecule has 1 spiro atoms. The van der Waals surface area contributed by atoms with Crippen molar-refractivity contribution in [1.29, 1.82) is 0 Å². The van der Waals surface area contributed by atoms with Gasteiger partial charge in [-0.15, -0.1) is 0 Å². The van der Waals surface area contributed by atoms with Gasteiger partial charge < -0.3 is 0 Å². The van der Waals surface area contributed by atoms with Crippen LogP contribution in [0.15, 0.2) is 24.3 Å². The maximum absolute atomic E-state index is 11.7. The van der Waals surface area contributed by atoms with Crippen LogP contribution in [0, 0.1) is 17.3 Å². The predicted octanol–water partition coefficient (Wildman–Crippen LogP) is 2.10. The summed E-state index contributed by atoms with van der Waals surface area (Å²) in [5.41, 5.74) is 1.45. The fraction of sp³-hybridized carbons (Fsp3) is 0.545. The highest BCUT2D eigenvalue weighted by atomic mass is 16.1. The molecule has 0 aliphatic heterocycles. The molecule has 0 N–H and O–H groups in total. The normalized spacial score (nSPS) is 41.0. The Morgan fingerprint density at radius 3 is 2.50 bits per heavy atom. The number of carbonyl (C=O) groups is 1. The number of allylic oxidation sites excluding steroid dienone is 3. The summed E-state index contributed by atoms with van der Waals surface area (Å²) < 4.78 is 0. The molecule has 0 aromatic rings. The Kier molecular flexibility index (Phi) is 0.959. The average molecular weight is 160 g/mol. The van der Waals surface area contributed by atoms with Gasteiger partial charge in [-0.1, -0.05) is 30.7 Å². The Balaban J connectivity index is 2.14. The minimum Gasteiger partial charge on any atom is -0.298 e. The summed E-state index contributed by atoms with van der Waals surface area (Å²) >= 11 is 0. The van der Waals surface area contributed by atoms with Crippen molar-refractivity contribution in [3.63, 3.8) is 0 Å². The molecule has 2 fully saturated rings. The molecule has 3 aliphatic rings. The van der Waals surface area contributed by atoms with Crippen LogP contribution >= 0.6 is 0 Å². The van der Waals surface area contributed by atoms with E-state index >= 15 is 0 Å². The molecule has 0 aromatic carbocycles. The molecule has 0 aromatic heterocycles. The van der Waals surface area contributed by atoms with Crippen molar-refractivity contribution in [2.45, 2.75) is 19.3 Å². The molecule has 1 nitrogen and oxygen atoms in total. The minimum absolute atomic E-state index is 0.0929. The number of carbonyl (C=O) groups excluding carboxylic acids is 1. The van der Waals surface area contributed by atoms with E-state index < -0.39 is 0 Å². The largest absolute Gasteiger partial charge is 0.298 e. The van der Waals surface area contributed by atoms with Crippen molar-refractivity contribution >= 4 is 5.78 Å². The fourth-order valence-corrected chi connectivity index (χ4v) is 3.05. The highest BCUT2D eigenvalue weighted by Gasteiger charge is 2.59. The highest BCUT2D eigenvalue weighted by Crippen LogP contribution is 2.62. The van der Waals surface area contributed by atoms with Crippen LogP contribution in [-0.2, 0) is 4.79 Å². The van der Waals surface area contributed by atoms with Gasteiger partial charge in [0.05, 0.1) is 5.92 Å². The third kappa shape index (κ3) is 0.465. The van der Waals surface area contributed by atoms with Gasteiger partial charge in [0.1, 0.15) is 0 Å². The topological polar surface area (TPSA) is 17.1 Å². The fourth-order valence-electron chi connectivity index (χ4n) is 3.05. The smallest absolute Gasteiger partial charge is 0.151 e. The van der Waals surface area contributed by atoms with Gasteiger partial charge >= 0.3 is 0 Å². The molecule has 2 bridgehead atoms. The van der Waals surface area contributed by atoms with Crippen LogP contribution in [0.2, 0.25) is 0 Å². The van der Waals surface area contributed by atoms with Crippen molar-refractivity contribution < 1.29 is 4.79 Å². The Hall–Kier alpha value is -0.850. The van der Waals surface area contributed by atoms with Gasteiger partial charge in [-0.25, -0.2) is 0 Å². The lowest BCUT2D eigenvalue weighted by atomic mass is 9.59. The summed E-state index contributed by atoms with van der Waals surface area (Å²) in [5, 5.41) is 0. The van der Waals surface area contributed by atoms with Crippen LogP contribution in [0.4, 0.5) is 0 Å². The lowest BCUT2D eigenvalue weighted by Gasteiger charge is -2.44. The van der Waals surface area contributed by atoms with E-state index in [0.29, 0.717) is 5.78 Å². The number of ketones is 1. The molecule has 3 rings (SSSR count). The molecular formula is C11H12O. The van der Waals surface area contributed by atoms with E-state index in [1.54, 1.807) is 0 Å². The molecule has 2 atom stereocenters. The molecule has 2 saturated carbocycles. The molecule has 0 amide bonds. The zero-order valence-electron chi connectivity index (χ0n) is 7.05. The molecule has 0 saturated heterocycles. The predicted molar refractivity (Wildman–Crippen MR) is 46.6 cm³/mol. The van der Waals surface area contributed by atoms with Crippen molar-refractivity contribution in [3.8, 4) is 0 Å². The first-order valence-electron chi connectivity index (χ1n) is 4.67. The second-order valence-electron chi connectivity index (χ2n) is 4.28. The van der Waals surface area contributed by atoms with E-state index in [1.165, 1.54) is 24.8 Å². The quantitative estimate of drug-likeness (QED) is 0.496. The van der Waals surface area contributed by atoms with Gasteiger partial charge in [-0.05, 0) is 12.8 Å². The van der Waals surface area contributed by atoms with Crippen LogP contribution < -0.4 is 0 Å². The van der Waals surface area contributed by atoms with Gasteiger partial charge in [0.25, 0.3) is 0 Å². The van der Waals surface area contributed by atoms with Gasteiger partial charge in [-0.2, -0.15) is 0 Å². The number of rotatable bonds is 0. The summed E-state index contributed by atoms with van der Waals surface area (Å²) in [6.45, 7) is 4.09. The SMILES string of the molecule is C=C1[C@H]2C=C[C@H](C2=O)C12CCC2. The van der Waals surface area contributed by atoms with Gasteiger partial charge in [0.2, 0.25) is 0 Å². The lowest BCUT2D eigenvalue weighted by Crippen LogP contribution is -2.35. The van der Waals surface area contributed by atoms with E-state index in [4.69, 9.17) is 0 Å². The van der Waals surface area contributed by atoms with Gasteiger partial charge in [-0.3, -0.25) is 4.79 Å². The lowest BCUT2D eigenvalue weighted by molar-refractivity contribution is -0.122. The first kappa shape index (κ1) is 6.64. The molecule has 0 radical (unpaired) electrons. The van der Waals surface area contributed by atoms with Gasteiger partial charge in [0, 0.05) is 11.3 Å². The molecule has 3 aliphatic carbocycles. The molecule has 62 valence electrons. The van der Waals surface area contributed by atoms with Crippen LogP contribution in [0.5, 0.6) is 0 Å². The molecule has 12 heavy (non-hydrogen) atoms. The molecule has 0 heterocycles. The maximum atomic E-state index is 11.7. The summed E-state index contributed by atoms with van der Waals surface area (Å²) in [4.78, 5) is 11.7. The second-order valence-corrected chi connectivity index (χ2v) is 4.28. The minimum atomic E-state index is 0.0929. The first-order valence-corrected chi connectivity index (χ1v) is 4.67. The third-order valence-corrected chi connectivity index (χ3v) is 3.97.